The van der Waals surface area contributed by atoms with Gasteiger partial charge in [-0.2, -0.15) is 0 Å². The molecule has 2 saturated carbocycles. The molecular weight excluding hydrogens is 546 g/mol. The molecule has 5 rings (SSSR count). The monoisotopic (exact) mass is 578 g/mol. The molecule has 2 heterocycles. The summed E-state index contributed by atoms with van der Waals surface area (Å²) < 4.78 is 39.3. The van der Waals surface area contributed by atoms with Crippen molar-refractivity contribution >= 4 is 34.7 Å². The van der Waals surface area contributed by atoms with E-state index in [0.29, 0.717) is 34.1 Å². The molecular formula is C26H32F2N6O5S. The maximum Gasteiger partial charge on any atom is 0.302 e. The van der Waals surface area contributed by atoms with Crippen molar-refractivity contribution in [3.8, 4) is 0 Å². The third-order valence-electron chi connectivity index (χ3n) is 7.32. The number of hydrogen-bond acceptors (Lipinski definition) is 11. The van der Waals surface area contributed by atoms with Crippen LogP contribution < -0.4 is 5.32 Å². The zero-order chi connectivity index (χ0) is 28.6. The molecule has 6 unspecified atom stereocenters. The maximum absolute atomic E-state index is 13.8. The van der Waals surface area contributed by atoms with Gasteiger partial charge in [-0.25, -0.2) is 23.4 Å². The second-order valence-corrected chi connectivity index (χ2v) is 11.4. The van der Waals surface area contributed by atoms with Gasteiger partial charge in [0.2, 0.25) is 0 Å². The van der Waals surface area contributed by atoms with Gasteiger partial charge in [-0.15, -0.1) is 5.10 Å². The van der Waals surface area contributed by atoms with E-state index in [1.165, 1.54) is 36.4 Å². The lowest BCUT2D eigenvalue weighted by Crippen LogP contribution is -2.46. The molecule has 0 aliphatic heterocycles. The van der Waals surface area contributed by atoms with E-state index < -0.39 is 41.5 Å². The van der Waals surface area contributed by atoms with Gasteiger partial charge in [0.05, 0.1) is 18.8 Å². The van der Waals surface area contributed by atoms with Gasteiger partial charge in [-0.05, 0) is 37.5 Å². The van der Waals surface area contributed by atoms with Crippen molar-refractivity contribution in [2.24, 2.45) is 0 Å². The number of rotatable bonds is 11. The maximum atomic E-state index is 13.8. The van der Waals surface area contributed by atoms with E-state index in [-0.39, 0.29) is 31.6 Å². The molecule has 14 heteroatoms. The van der Waals surface area contributed by atoms with E-state index in [4.69, 9.17) is 9.47 Å². The van der Waals surface area contributed by atoms with E-state index in [9.17, 15) is 23.8 Å². The minimum absolute atomic E-state index is 0.0152. The Hall–Kier alpha value is -2.94. The molecule has 2 aliphatic rings. The molecule has 0 bridgehead atoms. The zero-order valence-corrected chi connectivity index (χ0v) is 23.2. The summed E-state index contributed by atoms with van der Waals surface area (Å²) in [7, 11) is 0. The van der Waals surface area contributed by atoms with Crippen molar-refractivity contribution in [3.05, 3.63) is 35.4 Å². The number of halogens is 2. The number of nitrogens with zero attached hydrogens (tertiary/aromatic N) is 5. The van der Waals surface area contributed by atoms with E-state index in [0.717, 1.165) is 18.2 Å². The largest absolute Gasteiger partial charge is 0.463 e. The summed E-state index contributed by atoms with van der Waals surface area (Å²) in [6.45, 7) is 4.93. The van der Waals surface area contributed by atoms with Gasteiger partial charge in [0, 0.05) is 31.1 Å². The highest BCUT2D eigenvalue weighted by atomic mass is 32.2. The SMILES string of the molecule is CCCSc1nc(NC2CC2c2ccc(F)c(F)c2)c2nnn(C3CC(OCCOC(C)=O)C(C)(O)C3O)c2n1. The smallest absolute Gasteiger partial charge is 0.302 e. The number of fused-ring (bicyclic) bond motifs is 1. The topological polar surface area (TPSA) is 145 Å². The molecule has 40 heavy (non-hydrogen) atoms. The van der Waals surface area contributed by atoms with Crippen molar-refractivity contribution in [1.82, 2.24) is 25.0 Å². The van der Waals surface area contributed by atoms with Gasteiger partial charge in [-0.1, -0.05) is 30.0 Å². The average Bonchev–Trinajstić information content (AvgIpc) is 3.48. The number of esters is 1. The number of aromatic nitrogens is 5. The Morgan fingerprint density at radius 2 is 2.05 bits per heavy atom. The Balaban J connectivity index is 1.39. The molecule has 1 aromatic carbocycles. The highest BCUT2D eigenvalue weighted by Crippen LogP contribution is 2.44. The number of carbonyl (C=O) groups excluding carboxylic acids is 1. The quantitative estimate of drug-likeness (QED) is 0.134. The first-order valence-corrected chi connectivity index (χ1v) is 14.2. The Labute approximate surface area is 233 Å². The number of aliphatic hydroxyl groups is 2. The van der Waals surface area contributed by atoms with Crippen LogP contribution >= 0.6 is 11.8 Å². The van der Waals surface area contributed by atoms with Crippen LogP contribution in [0.25, 0.3) is 11.2 Å². The highest BCUT2D eigenvalue weighted by molar-refractivity contribution is 7.99. The van der Waals surface area contributed by atoms with Crippen LogP contribution in [0, 0.1) is 11.6 Å². The lowest BCUT2D eigenvalue weighted by atomic mass is 10.00. The Kier molecular flexibility index (Phi) is 8.22. The number of hydrogen-bond donors (Lipinski definition) is 3. The summed E-state index contributed by atoms with van der Waals surface area (Å²) >= 11 is 1.47. The van der Waals surface area contributed by atoms with Crippen LogP contribution in [0.2, 0.25) is 0 Å². The lowest BCUT2D eigenvalue weighted by Gasteiger charge is -2.28. The molecule has 2 aromatic heterocycles. The van der Waals surface area contributed by atoms with Crippen LogP contribution in [0.1, 0.15) is 57.6 Å². The number of anilines is 1. The fraction of sp³-hybridized carbons (Fsp3) is 0.577. The highest BCUT2D eigenvalue weighted by Gasteiger charge is 2.53. The number of ether oxygens (including phenoxy) is 2. The normalized spacial score (nSPS) is 27.7. The second kappa shape index (κ2) is 11.5. The van der Waals surface area contributed by atoms with E-state index in [2.05, 4.69) is 25.6 Å². The molecule has 0 amide bonds. The molecule has 0 radical (unpaired) electrons. The fourth-order valence-corrected chi connectivity index (χ4v) is 5.74. The minimum Gasteiger partial charge on any atom is -0.463 e. The molecule has 2 fully saturated rings. The molecule has 0 spiro atoms. The predicted molar refractivity (Wildman–Crippen MR) is 142 cm³/mol. The van der Waals surface area contributed by atoms with Gasteiger partial charge in [0.1, 0.15) is 18.3 Å². The van der Waals surface area contributed by atoms with E-state index >= 15 is 0 Å². The van der Waals surface area contributed by atoms with Crippen molar-refractivity contribution in [2.75, 3.05) is 24.3 Å². The second-order valence-electron chi connectivity index (χ2n) is 10.3. The summed E-state index contributed by atoms with van der Waals surface area (Å²) in [6, 6.07) is 3.17. The Morgan fingerprint density at radius 1 is 1.25 bits per heavy atom. The van der Waals surface area contributed by atoms with Crippen molar-refractivity contribution in [1.29, 1.82) is 0 Å². The van der Waals surface area contributed by atoms with Crippen molar-refractivity contribution < 1.29 is 33.3 Å². The summed E-state index contributed by atoms with van der Waals surface area (Å²) in [6.07, 6.45) is -0.158. The average molecular weight is 579 g/mol. The molecule has 0 saturated heterocycles. The first kappa shape index (κ1) is 28.6. The number of aliphatic hydroxyl groups excluding tert-OH is 1. The first-order chi connectivity index (χ1) is 19.1. The lowest BCUT2D eigenvalue weighted by molar-refractivity contribution is -0.149. The van der Waals surface area contributed by atoms with Crippen LogP contribution in [0.4, 0.5) is 14.6 Å². The predicted octanol–water partition coefficient (Wildman–Crippen LogP) is 2.97. The summed E-state index contributed by atoms with van der Waals surface area (Å²) in [5.74, 6) is -0.972. The molecule has 3 aromatic rings. The molecule has 11 nitrogen and oxygen atoms in total. The van der Waals surface area contributed by atoms with Crippen molar-refractivity contribution in [2.45, 2.75) is 81.0 Å². The first-order valence-electron chi connectivity index (χ1n) is 13.2. The summed E-state index contributed by atoms with van der Waals surface area (Å²) in [5.41, 5.74) is -0.120. The van der Waals surface area contributed by atoms with Crippen LogP contribution in [0.3, 0.4) is 0 Å². The molecule has 216 valence electrons. The number of carbonyl (C=O) groups is 1. The van der Waals surface area contributed by atoms with Gasteiger partial charge in [-0.3, -0.25) is 4.79 Å². The zero-order valence-electron chi connectivity index (χ0n) is 22.4. The Morgan fingerprint density at radius 3 is 2.77 bits per heavy atom. The fourth-order valence-electron chi connectivity index (χ4n) is 5.05. The molecule has 3 N–H and O–H groups in total. The number of thioether (sulfide) groups is 1. The summed E-state index contributed by atoms with van der Waals surface area (Å²) in [4.78, 5) is 20.4. The Bertz CT molecular complexity index is 1390. The number of nitrogens with one attached hydrogen (secondary N) is 1. The van der Waals surface area contributed by atoms with Gasteiger partial charge < -0.3 is 25.0 Å². The number of benzene rings is 1. The van der Waals surface area contributed by atoms with E-state index in [1.807, 2.05) is 6.92 Å². The minimum atomic E-state index is -1.60. The van der Waals surface area contributed by atoms with Gasteiger partial charge in [0.25, 0.3) is 0 Å². The van der Waals surface area contributed by atoms with Crippen LogP contribution in [-0.2, 0) is 14.3 Å². The third kappa shape index (κ3) is 5.76. The van der Waals surface area contributed by atoms with Crippen LogP contribution in [0.15, 0.2) is 23.4 Å². The third-order valence-corrected chi connectivity index (χ3v) is 8.37. The van der Waals surface area contributed by atoms with Crippen molar-refractivity contribution in [3.63, 3.8) is 0 Å². The standard InChI is InChI=1S/C26H32F2N6O5S/c1-4-9-40-25-30-23(29-18-11-15(18)14-5-6-16(27)17(28)10-14)21-24(31-25)34(33-32-21)19-12-20(26(3,37)22(19)36)39-8-7-38-13(2)35/h5-6,10,15,18-20,22,36-37H,4,7-9,11-12H2,1-3H3,(H,29,30,31). The summed E-state index contributed by atoms with van der Waals surface area (Å²) in [5, 5.41) is 34.6. The van der Waals surface area contributed by atoms with Gasteiger partial charge in [0.15, 0.2) is 33.8 Å². The molecule has 6 atom stereocenters. The van der Waals surface area contributed by atoms with E-state index in [1.54, 1.807) is 6.07 Å². The van der Waals surface area contributed by atoms with Gasteiger partial charge >= 0.3 is 5.97 Å². The van der Waals surface area contributed by atoms with Crippen LogP contribution in [0.5, 0.6) is 0 Å². The molecule has 2 aliphatic carbocycles. The van der Waals surface area contributed by atoms with Crippen LogP contribution in [-0.4, -0.2) is 84.0 Å².